The average molecular weight is 441 g/mol. The minimum Gasteiger partial charge on any atom is -0.340 e. The molecule has 1 unspecified atom stereocenters. The van der Waals surface area contributed by atoms with E-state index in [1.54, 1.807) is 0 Å². The fourth-order valence-electron chi connectivity index (χ4n) is 4.44. The van der Waals surface area contributed by atoms with Gasteiger partial charge in [-0.2, -0.15) is 4.98 Å². The number of nitrogens with zero attached hydrogens (tertiary/aromatic N) is 6. The minimum absolute atomic E-state index is 0.0630. The van der Waals surface area contributed by atoms with Crippen LogP contribution in [0.5, 0.6) is 0 Å². The fourth-order valence-corrected chi connectivity index (χ4v) is 4.57. The number of benzene rings is 1. The molecule has 1 saturated heterocycles. The topological polar surface area (TPSA) is 80.3 Å². The molecule has 31 heavy (non-hydrogen) atoms. The maximum absolute atomic E-state index is 13.0. The predicted octanol–water partition coefficient (Wildman–Crippen LogP) is 2.80. The number of piperazine rings is 1. The molecule has 2 aliphatic heterocycles. The molecular formula is C22H25ClN6O2. The molecule has 162 valence electrons. The summed E-state index contributed by atoms with van der Waals surface area (Å²) in [6.07, 6.45) is 3.59. The van der Waals surface area contributed by atoms with E-state index in [9.17, 15) is 4.79 Å². The van der Waals surface area contributed by atoms with Crippen LogP contribution in [0.4, 0.5) is 0 Å². The zero-order valence-corrected chi connectivity index (χ0v) is 18.3. The van der Waals surface area contributed by atoms with Crippen LogP contribution in [-0.2, 0) is 24.3 Å². The van der Waals surface area contributed by atoms with Crippen LogP contribution < -0.4 is 0 Å². The summed E-state index contributed by atoms with van der Waals surface area (Å²) < 4.78 is 7.66. The van der Waals surface area contributed by atoms with Gasteiger partial charge in [-0.1, -0.05) is 16.8 Å². The van der Waals surface area contributed by atoms with Gasteiger partial charge >= 0.3 is 0 Å². The van der Waals surface area contributed by atoms with Gasteiger partial charge in [0.05, 0.1) is 6.54 Å². The molecule has 0 radical (unpaired) electrons. The number of halogens is 1. The highest BCUT2D eigenvalue weighted by atomic mass is 35.5. The summed E-state index contributed by atoms with van der Waals surface area (Å²) in [7, 11) is 0. The monoisotopic (exact) mass is 440 g/mol. The summed E-state index contributed by atoms with van der Waals surface area (Å²) in [6, 6.07) is 7.37. The van der Waals surface area contributed by atoms with Crippen molar-refractivity contribution in [3.63, 3.8) is 0 Å². The van der Waals surface area contributed by atoms with Crippen LogP contribution >= 0.6 is 11.6 Å². The first-order valence-electron chi connectivity index (χ1n) is 10.7. The molecule has 3 aromatic rings. The fraction of sp³-hybridized carbons (Fsp3) is 0.455. The van der Waals surface area contributed by atoms with Crippen LogP contribution in [0.15, 0.2) is 35.0 Å². The Morgan fingerprint density at radius 2 is 1.94 bits per heavy atom. The number of imidazole rings is 1. The maximum atomic E-state index is 13.0. The first kappa shape index (κ1) is 20.2. The van der Waals surface area contributed by atoms with Crippen LogP contribution in [0.2, 0.25) is 5.02 Å². The van der Waals surface area contributed by atoms with E-state index in [4.69, 9.17) is 16.1 Å². The second-order valence-corrected chi connectivity index (χ2v) is 8.69. The molecule has 8 nitrogen and oxygen atoms in total. The highest BCUT2D eigenvalue weighted by Gasteiger charge is 2.31. The summed E-state index contributed by atoms with van der Waals surface area (Å²) in [6.45, 7) is 6.54. The molecule has 4 heterocycles. The summed E-state index contributed by atoms with van der Waals surface area (Å²) in [4.78, 5) is 26.2. The normalized spacial score (nSPS) is 19.4. The highest BCUT2D eigenvalue weighted by molar-refractivity contribution is 6.30. The summed E-state index contributed by atoms with van der Waals surface area (Å²) in [5, 5.41) is 4.75. The molecule has 0 N–H and O–H groups in total. The Bertz CT molecular complexity index is 1070. The third-order valence-corrected chi connectivity index (χ3v) is 6.51. The number of aryl methyl sites for hydroxylation is 1. The zero-order valence-electron chi connectivity index (χ0n) is 17.5. The minimum atomic E-state index is 0.0630. The molecule has 0 spiro atoms. The highest BCUT2D eigenvalue weighted by Crippen LogP contribution is 2.24. The zero-order chi connectivity index (χ0) is 21.4. The molecule has 0 bridgehead atoms. The van der Waals surface area contributed by atoms with Gasteiger partial charge in [-0.15, -0.1) is 0 Å². The van der Waals surface area contributed by atoms with Gasteiger partial charge in [0, 0.05) is 67.5 Å². The molecule has 1 amide bonds. The number of hydrogen-bond acceptors (Lipinski definition) is 6. The van der Waals surface area contributed by atoms with Gasteiger partial charge in [-0.3, -0.25) is 9.69 Å². The van der Waals surface area contributed by atoms with Crippen molar-refractivity contribution in [3.8, 4) is 11.4 Å². The molecule has 1 fully saturated rings. The summed E-state index contributed by atoms with van der Waals surface area (Å²) in [5.41, 5.74) is 2.05. The molecule has 9 heteroatoms. The third kappa shape index (κ3) is 4.22. The first-order chi connectivity index (χ1) is 15.1. The van der Waals surface area contributed by atoms with Crippen molar-refractivity contribution in [1.82, 2.24) is 29.5 Å². The maximum Gasteiger partial charge on any atom is 0.241 e. The van der Waals surface area contributed by atoms with Crippen molar-refractivity contribution < 1.29 is 9.32 Å². The number of fused-ring (bicyclic) bond motifs is 1. The Balaban J connectivity index is 1.14. The molecule has 2 aromatic heterocycles. The Hall–Kier alpha value is -2.71. The van der Waals surface area contributed by atoms with Gasteiger partial charge in [0.2, 0.25) is 17.6 Å². The van der Waals surface area contributed by atoms with E-state index in [-0.39, 0.29) is 11.8 Å². The largest absolute Gasteiger partial charge is 0.340 e. The van der Waals surface area contributed by atoms with Crippen molar-refractivity contribution in [2.75, 3.05) is 26.2 Å². The Morgan fingerprint density at radius 3 is 2.71 bits per heavy atom. The number of rotatable bonds is 4. The number of amides is 1. The van der Waals surface area contributed by atoms with Gasteiger partial charge in [0.25, 0.3) is 0 Å². The van der Waals surface area contributed by atoms with E-state index in [0.717, 1.165) is 57.0 Å². The van der Waals surface area contributed by atoms with Crippen LogP contribution in [0.25, 0.3) is 11.4 Å². The van der Waals surface area contributed by atoms with Gasteiger partial charge in [0.1, 0.15) is 5.82 Å². The summed E-state index contributed by atoms with van der Waals surface area (Å²) in [5.74, 6) is 2.52. The van der Waals surface area contributed by atoms with Crippen molar-refractivity contribution in [3.05, 3.63) is 52.9 Å². The van der Waals surface area contributed by atoms with Crippen LogP contribution in [0, 0.1) is 12.8 Å². The van der Waals surface area contributed by atoms with Crippen LogP contribution in [0.1, 0.15) is 23.8 Å². The molecule has 1 atom stereocenters. The van der Waals surface area contributed by atoms with Crippen LogP contribution in [-0.4, -0.2) is 61.6 Å². The van der Waals surface area contributed by atoms with E-state index in [2.05, 4.69) is 24.6 Å². The van der Waals surface area contributed by atoms with E-state index in [1.165, 1.54) is 5.69 Å². The number of carbonyl (C=O) groups is 1. The van der Waals surface area contributed by atoms with Crippen molar-refractivity contribution >= 4 is 17.5 Å². The second kappa shape index (κ2) is 8.43. The SMILES string of the molecule is Cc1ncc2n1CCC(C(=O)N1CCN(Cc3nc(-c4ccc(Cl)cc4)no3)CC1)C2. The Morgan fingerprint density at radius 1 is 1.16 bits per heavy atom. The Labute approximate surface area is 185 Å². The standard InChI is InChI=1S/C22H25ClN6O2/c1-15-24-13-19-12-17(6-7-29(15)19)22(30)28-10-8-27(9-11-28)14-20-25-21(26-31-20)16-2-4-18(23)5-3-16/h2-5,13,17H,6-12,14H2,1H3. The lowest BCUT2D eigenvalue weighted by Crippen LogP contribution is -2.50. The average Bonchev–Trinajstić information content (AvgIpc) is 3.41. The van der Waals surface area contributed by atoms with E-state index < -0.39 is 0 Å². The lowest BCUT2D eigenvalue weighted by Gasteiger charge is -2.36. The van der Waals surface area contributed by atoms with Crippen molar-refractivity contribution in [1.29, 1.82) is 0 Å². The molecule has 0 saturated carbocycles. The van der Waals surface area contributed by atoms with E-state index in [0.29, 0.717) is 23.3 Å². The lowest BCUT2D eigenvalue weighted by atomic mass is 9.94. The Kier molecular flexibility index (Phi) is 5.50. The second-order valence-electron chi connectivity index (χ2n) is 8.26. The van der Waals surface area contributed by atoms with Gasteiger partial charge in [-0.25, -0.2) is 4.98 Å². The molecule has 5 rings (SSSR count). The van der Waals surface area contributed by atoms with Crippen molar-refractivity contribution in [2.45, 2.75) is 32.9 Å². The van der Waals surface area contributed by atoms with Crippen LogP contribution in [0.3, 0.4) is 0 Å². The van der Waals surface area contributed by atoms with E-state index in [1.807, 2.05) is 42.3 Å². The quantitative estimate of drug-likeness (QED) is 0.620. The first-order valence-corrected chi connectivity index (χ1v) is 11.1. The predicted molar refractivity (Wildman–Crippen MR) is 115 cm³/mol. The summed E-state index contributed by atoms with van der Waals surface area (Å²) >= 11 is 5.94. The third-order valence-electron chi connectivity index (χ3n) is 6.26. The number of hydrogen-bond donors (Lipinski definition) is 0. The lowest BCUT2D eigenvalue weighted by molar-refractivity contribution is -0.138. The van der Waals surface area contributed by atoms with Gasteiger partial charge < -0.3 is 14.0 Å². The van der Waals surface area contributed by atoms with Crippen molar-refractivity contribution in [2.24, 2.45) is 5.92 Å². The van der Waals surface area contributed by atoms with Gasteiger partial charge in [0.15, 0.2) is 0 Å². The van der Waals surface area contributed by atoms with Gasteiger partial charge in [-0.05, 0) is 37.6 Å². The molecule has 2 aliphatic rings. The van der Waals surface area contributed by atoms with E-state index >= 15 is 0 Å². The molecular weight excluding hydrogens is 416 g/mol. The number of carbonyl (C=O) groups excluding carboxylic acids is 1. The smallest absolute Gasteiger partial charge is 0.241 e. The number of aromatic nitrogens is 4. The molecule has 0 aliphatic carbocycles. The molecule has 1 aromatic carbocycles.